The molecule has 0 saturated carbocycles. The van der Waals surface area contributed by atoms with Crippen LogP contribution in [0.5, 0.6) is 0 Å². The lowest BCUT2D eigenvalue weighted by Crippen LogP contribution is -2.15. The van der Waals surface area contributed by atoms with Crippen LogP contribution in [0.1, 0.15) is 5.56 Å². The Kier molecular flexibility index (Phi) is 4.37. The first kappa shape index (κ1) is 17.6. The molecule has 0 aliphatic rings. The number of nitrogens with zero attached hydrogens (tertiary/aromatic N) is 2. The van der Waals surface area contributed by atoms with Gasteiger partial charge >= 0.3 is 0 Å². The van der Waals surface area contributed by atoms with Gasteiger partial charge in [0.2, 0.25) is 0 Å². The van der Waals surface area contributed by atoms with Crippen LogP contribution < -0.4 is 4.72 Å². The second kappa shape index (κ2) is 6.72. The van der Waals surface area contributed by atoms with Gasteiger partial charge in [-0.15, -0.1) is 0 Å². The molecule has 0 unspecified atom stereocenters. The monoisotopic (exact) mass is 397 g/mol. The molecule has 0 fully saturated rings. The fourth-order valence-electron chi connectivity index (χ4n) is 2.81. The Morgan fingerprint density at radius 3 is 2.37 bits per heavy atom. The summed E-state index contributed by atoms with van der Waals surface area (Å²) in [7, 11) is -3.77. The van der Waals surface area contributed by atoms with Gasteiger partial charge < -0.3 is 0 Å². The Hall–Kier alpha value is -2.83. The average Bonchev–Trinajstić information content (AvgIpc) is 3.01. The Bertz CT molecular complexity index is 1210. The second-order valence-corrected chi connectivity index (χ2v) is 8.28. The number of sulfonamides is 1. The number of halogens is 1. The Morgan fingerprint density at radius 1 is 0.963 bits per heavy atom. The highest BCUT2D eigenvalue weighted by Crippen LogP contribution is 2.31. The predicted octanol–water partition coefficient (Wildman–Crippen LogP) is 4.76. The van der Waals surface area contributed by atoms with Gasteiger partial charge in [-0.2, -0.15) is 0 Å². The number of hydrogen-bond acceptors (Lipinski definition) is 3. The molecule has 2 aromatic heterocycles. The Labute approximate surface area is 162 Å². The third-order valence-electron chi connectivity index (χ3n) is 4.21. The lowest BCUT2D eigenvalue weighted by atomic mass is 10.1. The first-order chi connectivity index (χ1) is 12.9. The molecule has 5 nitrogen and oxygen atoms in total. The van der Waals surface area contributed by atoms with Gasteiger partial charge in [0.1, 0.15) is 11.3 Å². The molecule has 0 bridgehead atoms. The van der Waals surface area contributed by atoms with Crippen LogP contribution in [-0.2, 0) is 10.0 Å². The van der Waals surface area contributed by atoms with Crippen molar-refractivity contribution in [2.24, 2.45) is 0 Å². The van der Waals surface area contributed by atoms with Crippen molar-refractivity contribution in [1.82, 2.24) is 9.38 Å². The first-order valence-electron chi connectivity index (χ1n) is 8.26. The number of anilines is 1. The molecule has 4 rings (SSSR count). The van der Waals surface area contributed by atoms with E-state index in [0.717, 1.165) is 11.1 Å². The number of aromatic nitrogens is 2. The van der Waals surface area contributed by atoms with Gasteiger partial charge in [0.15, 0.2) is 5.82 Å². The van der Waals surface area contributed by atoms with Crippen LogP contribution in [0.3, 0.4) is 0 Å². The van der Waals surface area contributed by atoms with Crippen molar-refractivity contribution in [3.8, 4) is 11.3 Å². The van der Waals surface area contributed by atoms with E-state index in [1.54, 1.807) is 47.0 Å². The van der Waals surface area contributed by atoms with E-state index in [9.17, 15) is 8.42 Å². The topological polar surface area (TPSA) is 63.5 Å². The van der Waals surface area contributed by atoms with Crippen molar-refractivity contribution in [2.45, 2.75) is 11.8 Å². The maximum Gasteiger partial charge on any atom is 0.263 e. The summed E-state index contributed by atoms with van der Waals surface area (Å²) in [6.07, 6.45) is 1.77. The van der Waals surface area contributed by atoms with Crippen LogP contribution in [0.15, 0.2) is 77.8 Å². The first-order valence-corrected chi connectivity index (χ1v) is 10.1. The van der Waals surface area contributed by atoms with E-state index in [1.165, 1.54) is 0 Å². The molecule has 1 N–H and O–H groups in total. The zero-order valence-electron chi connectivity index (χ0n) is 14.4. The Balaban J connectivity index is 1.86. The van der Waals surface area contributed by atoms with Gasteiger partial charge in [-0.3, -0.25) is 9.12 Å². The molecule has 0 aliphatic carbocycles. The molecule has 4 aromatic rings. The smallest absolute Gasteiger partial charge is 0.263 e. The van der Waals surface area contributed by atoms with Crippen LogP contribution in [0.2, 0.25) is 5.02 Å². The number of aryl methyl sites for hydroxylation is 1. The molecule has 0 spiro atoms. The third-order valence-corrected chi connectivity index (χ3v) is 5.82. The van der Waals surface area contributed by atoms with Gasteiger partial charge in [-0.1, -0.05) is 47.5 Å². The van der Waals surface area contributed by atoms with Crippen LogP contribution in [0, 0.1) is 6.92 Å². The number of nitrogens with one attached hydrogen (secondary N) is 1. The fourth-order valence-corrected chi connectivity index (χ4v) is 3.99. The van der Waals surface area contributed by atoms with Crippen molar-refractivity contribution in [3.63, 3.8) is 0 Å². The lowest BCUT2D eigenvalue weighted by molar-refractivity contribution is 0.601. The number of benzene rings is 2. The summed E-state index contributed by atoms with van der Waals surface area (Å²) in [6, 6.07) is 19.3. The molecule has 27 heavy (non-hydrogen) atoms. The highest BCUT2D eigenvalue weighted by molar-refractivity contribution is 7.92. The highest BCUT2D eigenvalue weighted by Gasteiger charge is 2.21. The quantitative estimate of drug-likeness (QED) is 0.539. The van der Waals surface area contributed by atoms with Gasteiger partial charge in [-0.05, 0) is 43.3 Å². The van der Waals surface area contributed by atoms with E-state index in [2.05, 4.69) is 9.71 Å². The third kappa shape index (κ3) is 3.41. The van der Waals surface area contributed by atoms with E-state index in [-0.39, 0.29) is 4.90 Å². The minimum atomic E-state index is -3.77. The van der Waals surface area contributed by atoms with Gasteiger partial charge in [0, 0.05) is 16.8 Å². The summed E-state index contributed by atoms with van der Waals surface area (Å²) < 4.78 is 30.3. The standard InChI is InChI=1S/C20H16ClN3O2S/c1-14-5-11-17(12-6-14)27(25,26)23-20-19(15-7-9-16(21)10-8-15)22-18-4-2-3-13-24(18)20/h2-13,23H,1H3. The SMILES string of the molecule is Cc1ccc(S(=O)(=O)Nc2c(-c3ccc(Cl)cc3)nc3ccccn23)cc1. The number of fused-ring (bicyclic) bond motifs is 1. The summed E-state index contributed by atoms with van der Waals surface area (Å²) in [4.78, 5) is 4.79. The van der Waals surface area contributed by atoms with Crippen molar-refractivity contribution in [2.75, 3.05) is 4.72 Å². The normalized spacial score (nSPS) is 11.6. The molecule has 0 aliphatic heterocycles. The highest BCUT2D eigenvalue weighted by atomic mass is 35.5. The number of hydrogen-bond donors (Lipinski definition) is 1. The molecular weight excluding hydrogens is 382 g/mol. The molecule has 0 amide bonds. The van der Waals surface area contributed by atoms with E-state index < -0.39 is 10.0 Å². The molecule has 2 heterocycles. The zero-order chi connectivity index (χ0) is 19.0. The van der Waals surface area contributed by atoms with Crippen molar-refractivity contribution in [1.29, 1.82) is 0 Å². The molecular formula is C20H16ClN3O2S. The fraction of sp³-hybridized carbons (Fsp3) is 0.0500. The van der Waals surface area contributed by atoms with Crippen molar-refractivity contribution < 1.29 is 8.42 Å². The second-order valence-electron chi connectivity index (χ2n) is 6.16. The summed E-state index contributed by atoms with van der Waals surface area (Å²) in [5, 5.41) is 0.601. The Morgan fingerprint density at radius 2 is 1.67 bits per heavy atom. The molecule has 136 valence electrons. The molecule has 0 radical (unpaired) electrons. The molecule has 0 atom stereocenters. The van der Waals surface area contributed by atoms with Crippen molar-refractivity contribution >= 4 is 33.1 Å². The van der Waals surface area contributed by atoms with Crippen LogP contribution in [0.25, 0.3) is 16.9 Å². The van der Waals surface area contributed by atoms with Gasteiger partial charge in [-0.25, -0.2) is 13.4 Å². The molecule has 0 saturated heterocycles. The van der Waals surface area contributed by atoms with E-state index in [0.29, 0.717) is 22.2 Å². The maximum atomic E-state index is 12.9. The summed E-state index contributed by atoms with van der Waals surface area (Å²) in [6.45, 7) is 1.91. The number of rotatable bonds is 4. The van der Waals surface area contributed by atoms with Crippen LogP contribution in [-0.4, -0.2) is 17.8 Å². The van der Waals surface area contributed by atoms with Gasteiger partial charge in [0.05, 0.1) is 4.90 Å². The zero-order valence-corrected chi connectivity index (χ0v) is 16.0. The number of imidazole rings is 1. The van der Waals surface area contributed by atoms with E-state index in [4.69, 9.17) is 11.6 Å². The summed E-state index contributed by atoms with van der Waals surface area (Å²) in [5.41, 5.74) is 2.94. The molecule has 2 aromatic carbocycles. The lowest BCUT2D eigenvalue weighted by Gasteiger charge is -2.10. The van der Waals surface area contributed by atoms with E-state index in [1.807, 2.05) is 37.3 Å². The van der Waals surface area contributed by atoms with E-state index >= 15 is 0 Å². The molecule has 7 heteroatoms. The summed E-state index contributed by atoms with van der Waals surface area (Å²) >= 11 is 5.98. The van der Waals surface area contributed by atoms with Crippen LogP contribution >= 0.6 is 11.6 Å². The average molecular weight is 398 g/mol. The minimum Gasteiger partial charge on any atom is -0.285 e. The minimum absolute atomic E-state index is 0.195. The van der Waals surface area contributed by atoms with Crippen LogP contribution in [0.4, 0.5) is 5.82 Å². The maximum absolute atomic E-state index is 12.9. The predicted molar refractivity (Wildman–Crippen MR) is 108 cm³/mol. The number of pyridine rings is 1. The summed E-state index contributed by atoms with van der Waals surface area (Å²) in [5.74, 6) is 0.383. The van der Waals surface area contributed by atoms with Gasteiger partial charge in [0.25, 0.3) is 10.0 Å². The largest absolute Gasteiger partial charge is 0.285 e. The van der Waals surface area contributed by atoms with Crippen molar-refractivity contribution in [3.05, 3.63) is 83.5 Å².